The quantitative estimate of drug-likeness (QED) is 0.589. The van der Waals surface area contributed by atoms with Crippen molar-refractivity contribution in [2.24, 2.45) is 5.73 Å². The van der Waals surface area contributed by atoms with E-state index in [1.54, 1.807) is 12.1 Å². The summed E-state index contributed by atoms with van der Waals surface area (Å²) in [6, 6.07) is 5.14. The van der Waals surface area contributed by atoms with Crippen LogP contribution in [0.25, 0.3) is 0 Å². The van der Waals surface area contributed by atoms with Gasteiger partial charge in [0.2, 0.25) is 0 Å². The first-order chi connectivity index (χ1) is 8.93. The van der Waals surface area contributed by atoms with E-state index in [1.165, 1.54) is 13.2 Å². The van der Waals surface area contributed by atoms with Crippen molar-refractivity contribution in [3.63, 3.8) is 0 Å². The summed E-state index contributed by atoms with van der Waals surface area (Å²) in [5.74, 6) is 0.398. The van der Waals surface area contributed by atoms with E-state index >= 15 is 0 Å². The van der Waals surface area contributed by atoms with Gasteiger partial charge in [-0.15, -0.1) is 0 Å². The Morgan fingerprint density at radius 1 is 1.47 bits per heavy atom. The Kier molecular flexibility index (Phi) is 5.76. The molecule has 0 bridgehead atoms. The first-order valence-electron chi connectivity index (χ1n) is 6.33. The van der Waals surface area contributed by atoms with E-state index in [1.807, 2.05) is 13.8 Å². The molecule has 0 aliphatic rings. The predicted molar refractivity (Wildman–Crippen MR) is 75.0 cm³/mol. The van der Waals surface area contributed by atoms with Crippen LogP contribution in [0.4, 0.5) is 4.39 Å². The molecular formula is C14H22FN3O. The van der Waals surface area contributed by atoms with Crippen molar-refractivity contribution in [3.05, 3.63) is 29.6 Å². The zero-order chi connectivity index (χ0) is 14.4. The number of methoxy groups -OCH3 is 1. The minimum absolute atomic E-state index is 0.154. The number of hydrogen-bond acceptors (Lipinski definition) is 3. The maximum Gasteiger partial charge on any atom is 0.131 e. The first kappa shape index (κ1) is 15.4. The number of ether oxygens (including phenoxy) is 1. The molecule has 19 heavy (non-hydrogen) atoms. The highest BCUT2D eigenvalue weighted by atomic mass is 19.1. The molecule has 5 heteroatoms. The first-order valence-corrected chi connectivity index (χ1v) is 6.33. The molecule has 0 aromatic heterocycles. The normalized spacial score (nSPS) is 11.1. The average Bonchev–Trinajstić information content (AvgIpc) is 2.35. The van der Waals surface area contributed by atoms with Crippen LogP contribution in [0.3, 0.4) is 0 Å². The molecule has 0 aliphatic carbocycles. The van der Waals surface area contributed by atoms with E-state index in [2.05, 4.69) is 4.90 Å². The third kappa shape index (κ3) is 4.87. The predicted octanol–water partition coefficient (Wildman–Crippen LogP) is 2.37. The number of halogens is 1. The molecule has 0 amide bonds. The number of hydrogen-bond donors (Lipinski definition) is 2. The number of nitrogens with two attached hydrogens (primary N) is 1. The minimum Gasteiger partial charge on any atom is -0.497 e. The topological polar surface area (TPSA) is 62.3 Å². The van der Waals surface area contributed by atoms with Crippen molar-refractivity contribution < 1.29 is 9.13 Å². The molecule has 1 aromatic carbocycles. The van der Waals surface area contributed by atoms with Gasteiger partial charge in [-0.1, -0.05) is 6.07 Å². The van der Waals surface area contributed by atoms with Gasteiger partial charge in [-0.05, 0) is 19.9 Å². The summed E-state index contributed by atoms with van der Waals surface area (Å²) in [4.78, 5) is 2.09. The Morgan fingerprint density at radius 2 is 2.16 bits per heavy atom. The van der Waals surface area contributed by atoms with E-state index in [9.17, 15) is 4.39 Å². The molecular weight excluding hydrogens is 245 g/mol. The monoisotopic (exact) mass is 267 g/mol. The molecule has 0 atom stereocenters. The zero-order valence-electron chi connectivity index (χ0n) is 11.7. The van der Waals surface area contributed by atoms with E-state index in [4.69, 9.17) is 15.9 Å². The van der Waals surface area contributed by atoms with E-state index in [0.29, 0.717) is 30.8 Å². The van der Waals surface area contributed by atoms with Crippen LogP contribution < -0.4 is 10.5 Å². The molecule has 1 aromatic rings. The summed E-state index contributed by atoms with van der Waals surface area (Å²) in [5.41, 5.74) is 5.99. The van der Waals surface area contributed by atoms with Crippen LogP contribution in [0.5, 0.6) is 5.75 Å². The molecule has 3 N–H and O–H groups in total. The zero-order valence-corrected chi connectivity index (χ0v) is 11.7. The molecule has 0 unspecified atom stereocenters. The average molecular weight is 267 g/mol. The lowest BCUT2D eigenvalue weighted by atomic mass is 10.1. The van der Waals surface area contributed by atoms with Crippen LogP contribution in [-0.2, 0) is 6.54 Å². The van der Waals surface area contributed by atoms with Gasteiger partial charge in [0.1, 0.15) is 11.6 Å². The van der Waals surface area contributed by atoms with Crippen LogP contribution >= 0.6 is 0 Å². The molecule has 106 valence electrons. The Balaban J connectivity index is 2.75. The molecule has 0 aliphatic heterocycles. The Morgan fingerprint density at radius 3 is 2.63 bits per heavy atom. The molecule has 1 rings (SSSR count). The fourth-order valence-corrected chi connectivity index (χ4v) is 1.79. The Bertz CT molecular complexity index is 435. The maximum absolute atomic E-state index is 13.9. The smallest absolute Gasteiger partial charge is 0.131 e. The summed E-state index contributed by atoms with van der Waals surface area (Å²) in [6.45, 7) is 5.24. The molecule has 0 spiro atoms. The Hall–Kier alpha value is -1.62. The van der Waals surface area contributed by atoms with Crippen LogP contribution in [0, 0.1) is 11.2 Å². The molecule has 0 saturated carbocycles. The second-order valence-electron chi connectivity index (χ2n) is 4.80. The van der Waals surface area contributed by atoms with Gasteiger partial charge in [0.25, 0.3) is 0 Å². The van der Waals surface area contributed by atoms with Crippen molar-refractivity contribution in [1.29, 1.82) is 5.41 Å². The third-order valence-electron chi connectivity index (χ3n) is 3.03. The van der Waals surface area contributed by atoms with Crippen molar-refractivity contribution >= 4 is 5.84 Å². The summed E-state index contributed by atoms with van der Waals surface area (Å²) in [5, 5.41) is 7.26. The SMILES string of the molecule is COc1ccc(CN(CCC(=N)N)C(C)C)c(F)c1. The van der Waals surface area contributed by atoms with Crippen LogP contribution in [0.1, 0.15) is 25.8 Å². The van der Waals surface area contributed by atoms with Gasteiger partial charge >= 0.3 is 0 Å². The highest BCUT2D eigenvalue weighted by Crippen LogP contribution is 2.18. The Labute approximate surface area is 113 Å². The second kappa shape index (κ2) is 7.09. The van der Waals surface area contributed by atoms with Gasteiger partial charge < -0.3 is 10.5 Å². The largest absolute Gasteiger partial charge is 0.497 e. The summed E-state index contributed by atoms with van der Waals surface area (Å²) in [6.07, 6.45) is 0.496. The van der Waals surface area contributed by atoms with E-state index in [-0.39, 0.29) is 17.7 Å². The van der Waals surface area contributed by atoms with Crippen molar-refractivity contribution in [3.8, 4) is 5.75 Å². The minimum atomic E-state index is -0.271. The van der Waals surface area contributed by atoms with Gasteiger partial charge in [-0.2, -0.15) is 0 Å². The number of nitrogens with one attached hydrogen (secondary N) is 1. The van der Waals surface area contributed by atoms with Crippen LogP contribution in [-0.4, -0.2) is 30.4 Å². The molecule has 4 nitrogen and oxygen atoms in total. The summed E-state index contributed by atoms with van der Waals surface area (Å²) >= 11 is 0. The number of benzene rings is 1. The highest BCUT2D eigenvalue weighted by molar-refractivity contribution is 5.76. The fourth-order valence-electron chi connectivity index (χ4n) is 1.79. The highest BCUT2D eigenvalue weighted by Gasteiger charge is 2.13. The van der Waals surface area contributed by atoms with Gasteiger partial charge in [0.15, 0.2) is 0 Å². The summed E-state index contributed by atoms with van der Waals surface area (Å²) < 4.78 is 18.9. The lowest BCUT2D eigenvalue weighted by molar-refractivity contribution is 0.216. The number of amidine groups is 1. The summed E-state index contributed by atoms with van der Waals surface area (Å²) in [7, 11) is 1.52. The lowest BCUT2D eigenvalue weighted by Gasteiger charge is -2.26. The van der Waals surface area contributed by atoms with Crippen LogP contribution in [0.15, 0.2) is 18.2 Å². The molecule has 0 radical (unpaired) electrons. The van der Waals surface area contributed by atoms with Gasteiger partial charge in [0.05, 0.1) is 12.9 Å². The van der Waals surface area contributed by atoms with Gasteiger partial charge in [-0.3, -0.25) is 10.3 Å². The number of nitrogens with zero attached hydrogens (tertiary/aromatic N) is 1. The lowest BCUT2D eigenvalue weighted by Crippen LogP contribution is -2.33. The van der Waals surface area contributed by atoms with Crippen molar-refractivity contribution in [2.75, 3.05) is 13.7 Å². The van der Waals surface area contributed by atoms with Crippen LogP contribution in [0.2, 0.25) is 0 Å². The van der Waals surface area contributed by atoms with Crippen molar-refractivity contribution in [1.82, 2.24) is 4.90 Å². The van der Waals surface area contributed by atoms with Gasteiger partial charge in [-0.25, -0.2) is 4.39 Å². The molecule has 0 saturated heterocycles. The van der Waals surface area contributed by atoms with E-state index in [0.717, 1.165) is 0 Å². The van der Waals surface area contributed by atoms with Gasteiger partial charge in [0, 0.05) is 37.2 Å². The number of rotatable bonds is 7. The fraction of sp³-hybridized carbons (Fsp3) is 0.500. The molecule has 0 heterocycles. The molecule has 0 fully saturated rings. The standard InChI is InChI=1S/C14H22FN3O/c1-10(2)18(7-6-14(16)17)9-11-4-5-12(19-3)8-13(11)15/h4-5,8,10H,6-7,9H2,1-3H3,(H3,16,17). The second-order valence-corrected chi connectivity index (χ2v) is 4.80. The maximum atomic E-state index is 13.9. The third-order valence-corrected chi connectivity index (χ3v) is 3.03. The van der Waals surface area contributed by atoms with E-state index < -0.39 is 0 Å². The van der Waals surface area contributed by atoms with Crippen molar-refractivity contribution in [2.45, 2.75) is 32.9 Å².